The van der Waals surface area contributed by atoms with Crippen LogP contribution in [0, 0.1) is 11.8 Å². The number of aliphatic hydroxyl groups is 1. The normalized spacial score (nSPS) is 28.9. The summed E-state index contributed by atoms with van der Waals surface area (Å²) in [7, 11) is 0. The van der Waals surface area contributed by atoms with E-state index in [-0.39, 0.29) is 30.9 Å². The molecule has 1 spiro atoms. The first-order chi connectivity index (χ1) is 20.0. The molecule has 4 heterocycles. The zero-order chi connectivity index (χ0) is 28.6. The van der Waals surface area contributed by atoms with Crippen LogP contribution in [0.3, 0.4) is 0 Å². The fourth-order valence-corrected chi connectivity index (χ4v) is 7.07. The maximum atomic E-state index is 14.4. The predicted molar refractivity (Wildman–Crippen MR) is 155 cm³/mol. The van der Waals surface area contributed by atoms with Gasteiger partial charge in [0.1, 0.15) is 11.6 Å². The van der Waals surface area contributed by atoms with Gasteiger partial charge >= 0.3 is 0 Å². The first kappa shape index (κ1) is 27.7. The Balaban J connectivity index is 1.38. The van der Waals surface area contributed by atoms with Crippen molar-refractivity contribution in [1.82, 2.24) is 9.80 Å². The number of anilines is 1. The average molecular weight is 576 g/mol. The summed E-state index contributed by atoms with van der Waals surface area (Å²) in [5.74, 6) is -2.26. The summed E-state index contributed by atoms with van der Waals surface area (Å²) in [6, 6.07) is 16.0. The van der Waals surface area contributed by atoms with Crippen LogP contribution in [0.1, 0.15) is 24.8 Å². The van der Waals surface area contributed by atoms with Crippen LogP contribution in [0.15, 0.2) is 78.9 Å². The third-order valence-corrected chi connectivity index (χ3v) is 8.98. The molecule has 1 unspecified atom stereocenters. The molecular weight excluding hydrogens is 542 g/mol. The van der Waals surface area contributed by atoms with Crippen molar-refractivity contribution in [1.29, 1.82) is 0 Å². The van der Waals surface area contributed by atoms with Crippen LogP contribution in [0.4, 0.5) is 5.69 Å². The standard InChI is InChI=1S/C32H34ClN3O5/c33-23-13-5-6-14-24(23)35-19-10-16-32-27(30(39)36(28(32)31(35)40)18-7-2-8-20-37)26-25(41-32)15-9-17-34(29(26)38)21-22-11-3-1-4-12-22/h1,3-6,9-16,25-28,37H,2,7-8,17-21H2/t25-,26+,27-,28?,32-/m0/s1. The van der Waals surface area contributed by atoms with E-state index in [4.69, 9.17) is 16.3 Å². The van der Waals surface area contributed by atoms with Crippen LogP contribution >= 0.6 is 11.6 Å². The van der Waals surface area contributed by atoms with Gasteiger partial charge in [-0.3, -0.25) is 14.4 Å². The van der Waals surface area contributed by atoms with E-state index in [9.17, 15) is 19.5 Å². The number of hydrogen-bond acceptors (Lipinski definition) is 5. The van der Waals surface area contributed by atoms with Gasteiger partial charge in [0.2, 0.25) is 11.8 Å². The molecule has 0 radical (unpaired) electrons. The van der Waals surface area contributed by atoms with Crippen LogP contribution in [-0.4, -0.2) is 76.6 Å². The molecule has 0 aromatic heterocycles. The third kappa shape index (κ3) is 4.78. The molecule has 2 aromatic carbocycles. The highest BCUT2D eigenvalue weighted by Gasteiger charge is 2.71. The second kappa shape index (κ2) is 11.4. The lowest BCUT2D eigenvalue weighted by molar-refractivity contribution is -0.144. The Labute approximate surface area is 244 Å². The largest absolute Gasteiger partial charge is 0.396 e. The van der Waals surface area contributed by atoms with Crippen LogP contribution in [0.5, 0.6) is 0 Å². The number of halogens is 1. The zero-order valence-electron chi connectivity index (χ0n) is 22.8. The topological polar surface area (TPSA) is 90.4 Å². The lowest BCUT2D eigenvalue weighted by atomic mass is 9.77. The van der Waals surface area contributed by atoms with Crippen LogP contribution < -0.4 is 4.90 Å². The number of nitrogens with zero attached hydrogens (tertiary/aromatic N) is 3. The number of hydrogen-bond donors (Lipinski definition) is 1. The second-order valence-corrected chi connectivity index (χ2v) is 11.5. The summed E-state index contributed by atoms with van der Waals surface area (Å²) in [4.78, 5) is 47.9. The van der Waals surface area contributed by atoms with Crippen molar-refractivity contribution in [3.05, 3.63) is 89.5 Å². The molecule has 6 rings (SSSR count). The molecule has 214 valence electrons. The number of rotatable bonds is 8. The Bertz CT molecular complexity index is 1380. The number of carbonyl (C=O) groups is 3. The molecule has 0 saturated carbocycles. The van der Waals surface area contributed by atoms with Gasteiger partial charge in [-0.05, 0) is 37.0 Å². The zero-order valence-corrected chi connectivity index (χ0v) is 23.5. The molecule has 4 aliphatic heterocycles. The molecule has 2 fully saturated rings. The van der Waals surface area contributed by atoms with E-state index in [2.05, 4.69) is 0 Å². The summed E-state index contributed by atoms with van der Waals surface area (Å²) < 4.78 is 6.72. The number of carbonyl (C=O) groups excluding carboxylic acids is 3. The fourth-order valence-electron chi connectivity index (χ4n) is 6.83. The minimum Gasteiger partial charge on any atom is -0.396 e. The van der Waals surface area contributed by atoms with Gasteiger partial charge in [0.25, 0.3) is 5.91 Å². The van der Waals surface area contributed by atoms with Gasteiger partial charge in [0.15, 0.2) is 0 Å². The number of fused-ring (bicyclic) bond motifs is 2. The number of ether oxygens (including phenoxy) is 1. The molecule has 2 aromatic rings. The van der Waals surface area contributed by atoms with Crippen molar-refractivity contribution in [2.45, 2.75) is 43.6 Å². The molecule has 3 amide bonds. The van der Waals surface area contributed by atoms with E-state index in [0.29, 0.717) is 49.6 Å². The van der Waals surface area contributed by atoms with Gasteiger partial charge in [-0.15, -0.1) is 0 Å². The van der Waals surface area contributed by atoms with E-state index < -0.39 is 29.6 Å². The first-order valence-corrected chi connectivity index (χ1v) is 14.7. The average Bonchev–Trinajstić information content (AvgIpc) is 3.29. The Morgan fingerprint density at radius 1 is 0.902 bits per heavy atom. The highest BCUT2D eigenvalue weighted by Crippen LogP contribution is 2.54. The van der Waals surface area contributed by atoms with Crippen molar-refractivity contribution in [2.24, 2.45) is 11.8 Å². The van der Waals surface area contributed by atoms with Crippen molar-refractivity contribution < 1.29 is 24.2 Å². The van der Waals surface area contributed by atoms with E-state index in [0.717, 1.165) is 5.56 Å². The van der Waals surface area contributed by atoms with E-state index in [1.54, 1.807) is 32.9 Å². The summed E-state index contributed by atoms with van der Waals surface area (Å²) in [5.41, 5.74) is 0.281. The molecule has 4 aliphatic rings. The Morgan fingerprint density at radius 3 is 2.46 bits per heavy atom. The molecule has 41 heavy (non-hydrogen) atoms. The molecule has 8 nitrogen and oxygen atoms in total. The lowest BCUT2D eigenvalue weighted by Gasteiger charge is -2.35. The molecule has 0 aliphatic carbocycles. The fraction of sp³-hybridized carbons (Fsp3) is 0.406. The summed E-state index contributed by atoms with van der Waals surface area (Å²) >= 11 is 6.52. The monoisotopic (exact) mass is 575 g/mol. The third-order valence-electron chi connectivity index (χ3n) is 8.66. The summed E-state index contributed by atoms with van der Waals surface area (Å²) in [5, 5.41) is 9.72. The molecular formula is C32H34ClN3O5. The second-order valence-electron chi connectivity index (χ2n) is 11.1. The smallest absolute Gasteiger partial charge is 0.253 e. The van der Waals surface area contributed by atoms with Crippen LogP contribution in [-0.2, 0) is 25.7 Å². The van der Waals surface area contributed by atoms with Crippen molar-refractivity contribution in [3.8, 4) is 0 Å². The molecule has 1 N–H and O–H groups in total. The van der Waals surface area contributed by atoms with Crippen LogP contribution in [0.25, 0.3) is 0 Å². The Hall–Kier alpha value is -3.46. The quantitative estimate of drug-likeness (QED) is 0.384. The van der Waals surface area contributed by atoms with E-state index in [1.165, 1.54) is 0 Å². The van der Waals surface area contributed by atoms with Gasteiger partial charge in [-0.1, -0.05) is 78.4 Å². The first-order valence-electron chi connectivity index (χ1n) is 14.3. The number of para-hydroxylation sites is 1. The molecule has 5 atom stereocenters. The van der Waals surface area contributed by atoms with Gasteiger partial charge in [-0.2, -0.15) is 0 Å². The van der Waals surface area contributed by atoms with Crippen LogP contribution in [0.2, 0.25) is 5.02 Å². The van der Waals surface area contributed by atoms with E-state index in [1.807, 2.05) is 60.7 Å². The van der Waals surface area contributed by atoms with Crippen molar-refractivity contribution >= 4 is 35.0 Å². The molecule has 2 saturated heterocycles. The number of likely N-dealkylation sites (tertiary alicyclic amines) is 1. The summed E-state index contributed by atoms with van der Waals surface area (Å²) in [6.45, 7) is 1.50. The van der Waals surface area contributed by atoms with Gasteiger partial charge in [0, 0.05) is 32.8 Å². The highest BCUT2D eigenvalue weighted by molar-refractivity contribution is 6.34. The molecule has 9 heteroatoms. The maximum Gasteiger partial charge on any atom is 0.253 e. The Morgan fingerprint density at radius 2 is 1.68 bits per heavy atom. The van der Waals surface area contributed by atoms with Crippen molar-refractivity contribution in [2.75, 3.05) is 31.1 Å². The highest BCUT2D eigenvalue weighted by atomic mass is 35.5. The van der Waals surface area contributed by atoms with E-state index >= 15 is 0 Å². The number of benzene rings is 2. The Kier molecular flexibility index (Phi) is 7.72. The number of unbranched alkanes of at least 4 members (excludes halogenated alkanes) is 2. The number of aliphatic hydroxyl groups excluding tert-OH is 1. The van der Waals surface area contributed by atoms with Gasteiger partial charge < -0.3 is 24.5 Å². The molecule has 0 bridgehead atoms. The van der Waals surface area contributed by atoms with Gasteiger partial charge in [0.05, 0.1) is 28.6 Å². The summed E-state index contributed by atoms with van der Waals surface area (Å²) in [6.07, 6.45) is 8.83. The van der Waals surface area contributed by atoms with Crippen molar-refractivity contribution in [3.63, 3.8) is 0 Å². The number of amides is 3. The minimum absolute atomic E-state index is 0.0663. The lowest BCUT2D eigenvalue weighted by Crippen LogP contribution is -2.55. The maximum absolute atomic E-state index is 14.4. The SMILES string of the molecule is O=C1[C@@H]2[C@H](C=CCN1Cc1ccccc1)O[C@]13C=CCN(c4ccccc4Cl)C(=O)C1N(CCCCCO)C(=O)[C@H]23. The minimum atomic E-state index is -1.29. The predicted octanol–water partition coefficient (Wildman–Crippen LogP) is 3.58. The van der Waals surface area contributed by atoms with Gasteiger partial charge in [-0.25, -0.2) is 0 Å².